The lowest BCUT2D eigenvalue weighted by Gasteiger charge is -1.99. The van der Waals surface area contributed by atoms with Crippen LogP contribution in [0.2, 0.25) is 0 Å². The van der Waals surface area contributed by atoms with E-state index in [1.54, 1.807) is 0 Å². The molecule has 1 fully saturated rings. The van der Waals surface area contributed by atoms with Crippen LogP contribution < -0.4 is 5.73 Å². The molecule has 0 radical (unpaired) electrons. The molecule has 0 aromatic rings. The smallest absolute Gasteiger partial charge is 0.217 e. The summed E-state index contributed by atoms with van der Waals surface area (Å²) in [5.41, 5.74) is 3.80. The highest BCUT2D eigenvalue weighted by molar-refractivity contribution is 5.73. The Morgan fingerprint density at radius 2 is 2.22 bits per heavy atom. The number of alkyl halides is 1. The molecule has 2 N–H and O–H groups in total. The molecule has 9 heavy (non-hydrogen) atoms. The number of hydrogen-bond acceptors (Lipinski definition) is 1. The number of primary amides is 1. The van der Waals surface area contributed by atoms with Gasteiger partial charge in [0.15, 0.2) is 0 Å². The first kappa shape index (κ1) is 6.52. The van der Waals surface area contributed by atoms with Gasteiger partial charge in [0.1, 0.15) is 5.67 Å². The molecule has 0 aliphatic heterocycles. The van der Waals surface area contributed by atoms with Gasteiger partial charge >= 0.3 is 0 Å². The summed E-state index contributed by atoms with van der Waals surface area (Å²) in [7, 11) is 0. The van der Waals surface area contributed by atoms with Crippen LogP contribution >= 0.6 is 0 Å². The topological polar surface area (TPSA) is 43.1 Å². The summed E-state index contributed by atoms with van der Waals surface area (Å²) in [6, 6.07) is 0. The van der Waals surface area contributed by atoms with Gasteiger partial charge < -0.3 is 5.73 Å². The normalized spacial score (nSPS) is 21.4. The fourth-order valence-electron chi connectivity index (χ4n) is 0.733. The molecule has 1 aliphatic rings. The quantitative estimate of drug-likeness (QED) is 0.603. The highest BCUT2D eigenvalue weighted by atomic mass is 19.1. The van der Waals surface area contributed by atoms with E-state index in [1.165, 1.54) is 0 Å². The average molecular weight is 131 g/mol. The van der Waals surface area contributed by atoms with Crippen molar-refractivity contribution < 1.29 is 9.18 Å². The van der Waals surface area contributed by atoms with Crippen molar-refractivity contribution >= 4 is 5.91 Å². The van der Waals surface area contributed by atoms with Crippen LogP contribution in [0.15, 0.2) is 0 Å². The molecule has 0 spiro atoms. The molecule has 0 heterocycles. The molecule has 2 nitrogen and oxygen atoms in total. The van der Waals surface area contributed by atoms with Crippen LogP contribution in [0.1, 0.15) is 25.7 Å². The van der Waals surface area contributed by atoms with E-state index in [1.807, 2.05) is 0 Å². The molecule has 1 aliphatic carbocycles. The number of carbonyl (C=O) groups is 1. The van der Waals surface area contributed by atoms with Gasteiger partial charge in [0.05, 0.1) is 0 Å². The molecule has 0 aromatic carbocycles. The minimum Gasteiger partial charge on any atom is -0.370 e. The maximum Gasteiger partial charge on any atom is 0.217 e. The monoisotopic (exact) mass is 131 g/mol. The van der Waals surface area contributed by atoms with Crippen LogP contribution in [-0.2, 0) is 4.79 Å². The predicted octanol–water partition coefficient (Wildman–Crippen LogP) is 0.754. The molecule has 1 saturated carbocycles. The number of hydrogen-bond donors (Lipinski definition) is 1. The van der Waals surface area contributed by atoms with Crippen molar-refractivity contribution in [3.63, 3.8) is 0 Å². The Balaban J connectivity index is 2.12. The molecule has 0 aromatic heterocycles. The highest BCUT2D eigenvalue weighted by Crippen LogP contribution is 2.43. The largest absolute Gasteiger partial charge is 0.370 e. The lowest BCUT2D eigenvalue weighted by atomic mass is 10.2. The van der Waals surface area contributed by atoms with Gasteiger partial charge in [0.25, 0.3) is 0 Å². The summed E-state index contributed by atoms with van der Waals surface area (Å²) >= 11 is 0. The van der Waals surface area contributed by atoms with Crippen LogP contribution in [0.3, 0.4) is 0 Å². The third kappa shape index (κ3) is 2.00. The Bertz CT molecular complexity index is 131. The summed E-state index contributed by atoms with van der Waals surface area (Å²) < 4.78 is 12.7. The van der Waals surface area contributed by atoms with E-state index < -0.39 is 11.6 Å². The first-order valence-corrected chi connectivity index (χ1v) is 3.10. The van der Waals surface area contributed by atoms with Gasteiger partial charge in [-0.1, -0.05) is 0 Å². The van der Waals surface area contributed by atoms with E-state index in [2.05, 4.69) is 0 Å². The van der Waals surface area contributed by atoms with Gasteiger partial charge in [-0.2, -0.15) is 0 Å². The molecule has 0 bridgehead atoms. The summed E-state index contributed by atoms with van der Waals surface area (Å²) in [4.78, 5) is 10.1. The van der Waals surface area contributed by atoms with Crippen LogP contribution in [0, 0.1) is 0 Å². The maximum atomic E-state index is 12.7. The zero-order chi connectivity index (χ0) is 6.91. The fourth-order valence-corrected chi connectivity index (χ4v) is 0.733. The molecule has 52 valence electrons. The molecular weight excluding hydrogens is 121 g/mol. The first-order valence-electron chi connectivity index (χ1n) is 3.10. The second kappa shape index (κ2) is 1.97. The summed E-state index contributed by atoms with van der Waals surface area (Å²) in [6.45, 7) is 0. The summed E-state index contributed by atoms with van der Waals surface area (Å²) in [5, 5.41) is 0. The van der Waals surface area contributed by atoms with Crippen LogP contribution in [0.4, 0.5) is 4.39 Å². The van der Waals surface area contributed by atoms with Crippen molar-refractivity contribution in [1.82, 2.24) is 0 Å². The SMILES string of the molecule is NC(=O)CCC1(F)CC1. The van der Waals surface area contributed by atoms with Gasteiger partial charge in [-0.3, -0.25) is 4.79 Å². The molecule has 0 unspecified atom stereocenters. The first-order chi connectivity index (χ1) is 4.12. The van der Waals surface area contributed by atoms with Crippen LogP contribution in [-0.4, -0.2) is 11.6 Å². The van der Waals surface area contributed by atoms with E-state index in [-0.39, 0.29) is 6.42 Å². The number of rotatable bonds is 3. The molecule has 1 rings (SSSR count). The Morgan fingerprint density at radius 3 is 2.56 bits per heavy atom. The van der Waals surface area contributed by atoms with Gasteiger partial charge in [-0.05, 0) is 19.3 Å². The third-order valence-electron chi connectivity index (χ3n) is 1.61. The Hall–Kier alpha value is -0.600. The molecule has 0 saturated heterocycles. The number of carbonyl (C=O) groups excluding carboxylic acids is 1. The minimum absolute atomic E-state index is 0.191. The second-order valence-electron chi connectivity index (χ2n) is 2.62. The lowest BCUT2D eigenvalue weighted by molar-refractivity contribution is -0.118. The van der Waals surface area contributed by atoms with Gasteiger partial charge in [0.2, 0.25) is 5.91 Å². The van der Waals surface area contributed by atoms with Gasteiger partial charge in [0, 0.05) is 6.42 Å². The third-order valence-corrected chi connectivity index (χ3v) is 1.61. The number of halogens is 1. The maximum absolute atomic E-state index is 12.7. The van der Waals surface area contributed by atoms with Gasteiger partial charge in [-0.25, -0.2) is 4.39 Å². The van der Waals surface area contributed by atoms with Crippen molar-refractivity contribution in [2.45, 2.75) is 31.4 Å². The van der Waals surface area contributed by atoms with Crippen LogP contribution in [0.5, 0.6) is 0 Å². The van der Waals surface area contributed by atoms with Crippen molar-refractivity contribution in [2.75, 3.05) is 0 Å². The molecular formula is C6H10FNO. The van der Waals surface area contributed by atoms with Crippen LogP contribution in [0.25, 0.3) is 0 Å². The Kier molecular flexibility index (Phi) is 1.43. The molecule has 0 atom stereocenters. The average Bonchev–Trinajstić information content (AvgIpc) is 2.45. The van der Waals surface area contributed by atoms with E-state index in [9.17, 15) is 9.18 Å². The van der Waals surface area contributed by atoms with Gasteiger partial charge in [-0.15, -0.1) is 0 Å². The van der Waals surface area contributed by atoms with Crippen molar-refractivity contribution in [2.24, 2.45) is 5.73 Å². The lowest BCUT2D eigenvalue weighted by Crippen LogP contribution is -2.13. The van der Waals surface area contributed by atoms with E-state index in [4.69, 9.17) is 5.73 Å². The zero-order valence-electron chi connectivity index (χ0n) is 5.19. The highest BCUT2D eigenvalue weighted by Gasteiger charge is 2.42. The summed E-state index contributed by atoms with van der Waals surface area (Å²) in [5.74, 6) is -0.404. The van der Waals surface area contributed by atoms with Crippen molar-refractivity contribution in [1.29, 1.82) is 0 Å². The predicted molar refractivity (Wildman–Crippen MR) is 31.5 cm³/mol. The zero-order valence-corrected chi connectivity index (χ0v) is 5.19. The fraction of sp³-hybridized carbons (Fsp3) is 0.833. The van der Waals surface area contributed by atoms with E-state index >= 15 is 0 Å². The second-order valence-corrected chi connectivity index (χ2v) is 2.62. The van der Waals surface area contributed by atoms with Crippen molar-refractivity contribution in [3.05, 3.63) is 0 Å². The summed E-state index contributed by atoms with van der Waals surface area (Å²) in [6.07, 6.45) is 1.74. The minimum atomic E-state index is -1.02. The van der Waals surface area contributed by atoms with Crippen molar-refractivity contribution in [3.8, 4) is 0 Å². The standard InChI is InChI=1S/C6H10FNO/c7-6(3-4-6)2-1-5(8)9/h1-4H2,(H2,8,9). The molecule has 3 heteroatoms. The van der Waals surface area contributed by atoms with E-state index in [0.29, 0.717) is 19.3 Å². The van der Waals surface area contributed by atoms with E-state index in [0.717, 1.165) is 0 Å². The number of nitrogens with two attached hydrogens (primary N) is 1. The number of amides is 1. The Labute approximate surface area is 53.2 Å². The Morgan fingerprint density at radius 1 is 1.67 bits per heavy atom. The molecule has 1 amide bonds.